The van der Waals surface area contributed by atoms with Crippen molar-refractivity contribution in [2.75, 3.05) is 0 Å². The maximum absolute atomic E-state index is 5.19. The number of hydrogen-bond donors (Lipinski definition) is 1. The van der Waals surface area contributed by atoms with Gasteiger partial charge in [-0.1, -0.05) is 19.3 Å². The minimum Gasteiger partial charge on any atom is -0.323 e. The van der Waals surface area contributed by atoms with Gasteiger partial charge >= 0.3 is 0 Å². The van der Waals surface area contributed by atoms with Crippen LogP contribution in [0.5, 0.6) is 0 Å². The largest absolute Gasteiger partial charge is 0.323 e. The van der Waals surface area contributed by atoms with Gasteiger partial charge < -0.3 is 5.84 Å². The van der Waals surface area contributed by atoms with E-state index in [4.69, 9.17) is 5.84 Å². The Hall–Kier alpha value is -0.530. The van der Waals surface area contributed by atoms with Gasteiger partial charge in [0, 0.05) is 5.71 Å². The summed E-state index contributed by atoms with van der Waals surface area (Å²) >= 11 is 0. The monoisotopic (exact) mass is 140 g/mol. The van der Waals surface area contributed by atoms with Crippen LogP contribution in [0.15, 0.2) is 5.10 Å². The van der Waals surface area contributed by atoms with Crippen LogP contribution in [0, 0.1) is 5.92 Å². The smallest absolute Gasteiger partial charge is 0.0375 e. The van der Waals surface area contributed by atoms with Crippen molar-refractivity contribution in [1.82, 2.24) is 0 Å². The van der Waals surface area contributed by atoms with E-state index in [9.17, 15) is 0 Å². The molecule has 0 radical (unpaired) electrons. The van der Waals surface area contributed by atoms with Gasteiger partial charge in [-0.25, -0.2) is 0 Å². The summed E-state index contributed by atoms with van der Waals surface area (Å²) in [7, 11) is 0. The van der Waals surface area contributed by atoms with Gasteiger partial charge in [-0.2, -0.15) is 5.10 Å². The standard InChI is InChI=1S/C8H16N2/c1-7(10-9)8-5-3-2-4-6-8/h8H,2-6,9H2,1H3/b10-7+. The summed E-state index contributed by atoms with van der Waals surface area (Å²) in [5.74, 6) is 5.88. The summed E-state index contributed by atoms with van der Waals surface area (Å²) in [5, 5.41) is 3.73. The topological polar surface area (TPSA) is 38.4 Å². The number of hydrazone groups is 1. The van der Waals surface area contributed by atoms with E-state index in [-0.39, 0.29) is 0 Å². The quantitative estimate of drug-likeness (QED) is 0.337. The van der Waals surface area contributed by atoms with Crippen LogP contribution in [0.3, 0.4) is 0 Å². The van der Waals surface area contributed by atoms with E-state index in [0.717, 1.165) is 5.71 Å². The first-order valence-electron chi connectivity index (χ1n) is 4.09. The van der Waals surface area contributed by atoms with Gasteiger partial charge in [0.1, 0.15) is 0 Å². The van der Waals surface area contributed by atoms with Crippen molar-refractivity contribution in [1.29, 1.82) is 0 Å². The fraction of sp³-hybridized carbons (Fsp3) is 0.875. The van der Waals surface area contributed by atoms with Crippen LogP contribution in [-0.4, -0.2) is 5.71 Å². The first-order chi connectivity index (χ1) is 4.84. The van der Waals surface area contributed by atoms with Crippen LogP contribution in [0.4, 0.5) is 0 Å². The molecule has 0 unspecified atom stereocenters. The molecule has 0 saturated heterocycles. The lowest BCUT2D eigenvalue weighted by atomic mass is 9.86. The van der Waals surface area contributed by atoms with Crippen molar-refractivity contribution in [2.45, 2.75) is 39.0 Å². The molecule has 1 aliphatic carbocycles. The molecule has 1 aliphatic rings. The summed E-state index contributed by atoms with van der Waals surface area (Å²) in [6.45, 7) is 2.04. The zero-order valence-electron chi connectivity index (χ0n) is 6.64. The zero-order valence-corrected chi connectivity index (χ0v) is 6.64. The van der Waals surface area contributed by atoms with Crippen molar-refractivity contribution < 1.29 is 0 Å². The van der Waals surface area contributed by atoms with Gasteiger partial charge in [0.15, 0.2) is 0 Å². The Balaban J connectivity index is 2.39. The Bertz CT molecular complexity index is 123. The summed E-state index contributed by atoms with van der Waals surface area (Å²) in [4.78, 5) is 0. The second-order valence-corrected chi connectivity index (χ2v) is 3.11. The minimum atomic E-state index is 0.693. The van der Waals surface area contributed by atoms with E-state index in [1.165, 1.54) is 32.1 Å². The summed E-state index contributed by atoms with van der Waals surface area (Å²) in [5.41, 5.74) is 1.14. The molecule has 0 aromatic heterocycles. The van der Waals surface area contributed by atoms with Crippen LogP contribution in [0.1, 0.15) is 39.0 Å². The minimum absolute atomic E-state index is 0.693. The van der Waals surface area contributed by atoms with Crippen LogP contribution >= 0.6 is 0 Å². The molecule has 1 fully saturated rings. The lowest BCUT2D eigenvalue weighted by Crippen LogP contribution is -2.16. The number of rotatable bonds is 1. The third kappa shape index (κ3) is 1.72. The van der Waals surface area contributed by atoms with Crippen LogP contribution in [-0.2, 0) is 0 Å². The predicted molar refractivity (Wildman–Crippen MR) is 43.9 cm³/mol. The average Bonchev–Trinajstić information content (AvgIpc) is 2.05. The van der Waals surface area contributed by atoms with Gasteiger partial charge in [-0.3, -0.25) is 0 Å². The second kappa shape index (κ2) is 3.59. The molecule has 2 heteroatoms. The lowest BCUT2D eigenvalue weighted by molar-refractivity contribution is 0.437. The first kappa shape index (κ1) is 7.58. The number of nitrogens with two attached hydrogens (primary N) is 1. The summed E-state index contributed by atoms with van der Waals surface area (Å²) < 4.78 is 0. The SMILES string of the molecule is C/C(=N\N)C1CCCCC1. The van der Waals surface area contributed by atoms with E-state index < -0.39 is 0 Å². The maximum Gasteiger partial charge on any atom is 0.0375 e. The van der Waals surface area contributed by atoms with Crippen LogP contribution < -0.4 is 5.84 Å². The highest BCUT2D eigenvalue weighted by atomic mass is 15.1. The van der Waals surface area contributed by atoms with Gasteiger partial charge in [-0.05, 0) is 25.7 Å². The normalized spacial score (nSPS) is 23.1. The molecule has 0 bridgehead atoms. The van der Waals surface area contributed by atoms with Crippen molar-refractivity contribution in [3.8, 4) is 0 Å². The van der Waals surface area contributed by atoms with Gasteiger partial charge in [0.2, 0.25) is 0 Å². The molecular formula is C8H16N2. The fourth-order valence-corrected chi connectivity index (χ4v) is 1.63. The average molecular weight is 140 g/mol. The molecule has 0 heterocycles. The Labute approximate surface area is 62.5 Å². The first-order valence-corrected chi connectivity index (χ1v) is 4.09. The molecule has 1 rings (SSSR count). The molecule has 0 aromatic rings. The predicted octanol–water partition coefficient (Wildman–Crippen LogP) is 1.90. The molecule has 2 nitrogen and oxygen atoms in total. The molecule has 0 spiro atoms. The van der Waals surface area contributed by atoms with Crippen LogP contribution in [0.2, 0.25) is 0 Å². The van der Waals surface area contributed by atoms with Gasteiger partial charge in [-0.15, -0.1) is 0 Å². The van der Waals surface area contributed by atoms with E-state index in [2.05, 4.69) is 5.10 Å². The fourth-order valence-electron chi connectivity index (χ4n) is 1.63. The molecule has 0 aromatic carbocycles. The van der Waals surface area contributed by atoms with Crippen molar-refractivity contribution in [3.05, 3.63) is 0 Å². The molecule has 58 valence electrons. The van der Waals surface area contributed by atoms with Crippen molar-refractivity contribution in [2.24, 2.45) is 16.9 Å². The molecule has 10 heavy (non-hydrogen) atoms. The third-order valence-corrected chi connectivity index (χ3v) is 2.40. The Morgan fingerprint density at radius 3 is 2.40 bits per heavy atom. The highest BCUT2D eigenvalue weighted by Crippen LogP contribution is 2.24. The molecule has 1 saturated carbocycles. The number of nitrogens with zero attached hydrogens (tertiary/aromatic N) is 1. The van der Waals surface area contributed by atoms with Crippen molar-refractivity contribution >= 4 is 5.71 Å². The molecule has 0 amide bonds. The molecule has 0 aliphatic heterocycles. The van der Waals surface area contributed by atoms with E-state index in [1.807, 2.05) is 6.92 Å². The number of hydrogen-bond acceptors (Lipinski definition) is 2. The maximum atomic E-state index is 5.19. The van der Waals surface area contributed by atoms with Gasteiger partial charge in [0.25, 0.3) is 0 Å². The second-order valence-electron chi connectivity index (χ2n) is 3.11. The van der Waals surface area contributed by atoms with Crippen molar-refractivity contribution in [3.63, 3.8) is 0 Å². The zero-order chi connectivity index (χ0) is 7.40. The Morgan fingerprint density at radius 1 is 1.30 bits per heavy atom. The highest BCUT2D eigenvalue weighted by Gasteiger charge is 2.15. The lowest BCUT2D eigenvalue weighted by Gasteiger charge is -2.20. The van der Waals surface area contributed by atoms with E-state index in [0.29, 0.717) is 5.92 Å². The third-order valence-electron chi connectivity index (χ3n) is 2.40. The Morgan fingerprint density at radius 2 is 1.90 bits per heavy atom. The highest BCUT2D eigenvalue weighted by molar-refractivity contribution is 5.84. The molecular weight excluding hydrogens is 124 g/mol. The van der Waals surface area contributed by atoms with E-state index in [1.54, 1.807) is 0 Å². The Kier molecular flexibility index (Phi) is 2.72. The summed E-state index contributed by atoms with van der Waals surface area (Å²) in [6.07, 6.45) is 6.71. The summed E-state index contributed by atoms with van der Waals surface area (Å²) in [6, 6.07) is 0. The van der Waals surface area contributed by atoms with Crippen LogP contribution in [0.25, 0.3) is 0 Å². The molecule has 2 N–H and O–H groups in total. The molecule has 0 atom stereocenters. The van der Waals surface area contributed by atoms with E-state index >= 15 is 0 Å². The van der Waals surface area contributed by atoms with Gasteiger partial charge in [0.05, 0.1) is 0 Å².